The van der Waals surface area contributed by atoms with Gasteiger partial charge in [0.15, 0.2) is 5.96 Å². The molecule has 1 aromatic carbocycles. The van der Waals surface area contributed by atoms with E-state index < -0.39 is 10.0 Å². The molecule has 0 amide bonds. The number of likely N-dealkylation sites (tertiary alicyclic amines) is 1. The summed E-state index contributed by atoms with van der Waals surface area (Å²) in [6.45, 7) is 9.10. The highest BCUT2D eigenvalue weighted by Gasteiger charge is 2.31. The fourth-order valence-corrected chi connectivity index (χ4v) is 4.38. The summed E-state index contributed by atoms with van der Waals surface area (Å²) in [4.78, 5) is 7.08. The molecule has 0 radical (unpaired) electrons. The number of nitrogens with one attached hydrogen (secondary N) is 2. The molecule has 1 aliphatic rings. The van der Waals surface area contributed by atoms with Gasteiger partial charge < -0.3 is 10.6 Å². The van der Waals surface area contributed by atoms with E-state index in [2.05, 4.69) is 41.3 Å². The number of sulfonamides is 1. The van der Waals surface area contributed by atoms with Gasteiger partial charge in [-0.25, -0.2) is 12.7 Å². The van der Waals surface area contributed by atoms with Gasteiger partial charge in [-0.1, -0.05) is 25.1 Å². The van der Waals surface area contributed by atoms with E-state index >= 15 is 0 Å². The molecule has 0 bridgehead atoms. The third kappa shape index (κ3) is 6.04. The van der Waals surface area contributed by atoms with E-state index in [1.165, 1.54) is 4.31 Å². The van der Waals surface area contributed by atoms with Crippen LogP contribution < -0.4 is 10.6 Å². The summed E-state index contributed by atoms with van der Waals surface area (Å²) in [6.07, 6.45) is 0. The molecule has 1 aliphatic heterocycles. The van der Waals surface area contributed by atoms with Crippen LogP contribution in [0.5, 0.6) is 0 Å². The Balaban J connectivity index is 0.00000392. The van der Waals surface area contributed by atoms with Crippen LogP contribution in [0.3, 0.4) is 0 Å². The SMILES string of the molecule is CN=C(NCc1ccccc1S(=O)(=O)N(C)C)NC1CN(C(C)C)CC1C.I. The Bertz CT molecular complexity index is 767. The highest BCUT2D eigenvalue weighted by atomic mass is 127. The number of hydrogen-bond acceptors (Lipinski definition) is 4. The van der Waals surface area contributed by atoms with Crippen LogP contribution >= 0.6 is 24.0 Å². The largest absolute Gasteiger partial charge is 0.352 e. The van der Waals surface area contributed by atoms with Crippen molar-refractivity contribution in [2.75, 3.05) is 34.2 Å². The smallest absolute Gasteiger partial charge is 0.242 e. The maximum atomic E-state index is 12.5. The van der Waals surface area contributed by atoms with Crippen molar-refractivity contribution in [1.29, 1.82) is 0 Å². The van der Waals surface area contributed by atoms with Crippen molar-refractivity contribution in [3.63, 3.8) is 0 Å². The Morgan fingerprint density at radius 1 is 1.29 bits per heavy atom. The van der Waals surface area contributed by atoms with Gasteiger partial charge in [-0.15, -0.1) is 24.0 Å². The quantitative estimate of drug-likeness (QED) is 0.339. The molecular formula is C19H34IN5O2S. The second-order valence-electron chi connectivity index (χ2n) is 7.60. The average molecular weight is 523 g/mol. The number of halogens is 1. The Hall–Kier alpha value is -0.910. The van der Waals surface area contributed by atoms with Crippen molar-refractivity contribution in [2.24, 2.45) is 10.9 Å². The maximum Gasteiger partial charge on any atom is 0.242 e. The van der Waals surface area contributed by atoms with Crippen LogP contribution in [0, 0.1) is 5.92 Å². The minimum atomic E-state index is -3.48. The molecule has 0 aromatic heterocycles. The van der Waals surface area contributed by atoms with Crippen molar-refractivity contribution in [3.05, 3.63) is 29.8 Å². The van der Waals surface area contributed by atoms with Crippen LogP contribution in [0.25, 0.3) is 0 Å². The third-order valence-corrected chi connectivity index (χ3v) is 7.01. The van der Waals surface area contributed by atoms with Crippen LogP contribution in [-0.2, 0) is 16.6 Å². The van der Waals surface area contributed by atoms with Gasteiger partial charge in [0.25, 0.3) is 0 Å². The zero-order valence-electron chi connectivity index (χ0n) is 17.6. The molecule has 7 nitrogen and oxygen atoms in total. The van der Waals surface area contributed by atoms with Gasteiger partial charge in [0.2, 0.25) is 10.0 Å². The highest BCUT2D eigenvalue weighted by Crippen LogP contribution is 2.20. The van der Waals surface area contributed by atoms with Gasteiger partial charge in [-0.3, -0.25) is 9.89 Å². The lowest BCUT2D eigenvalue weighted by Crippen LogP contribution is -2.46. The predicted molar refractivity (Wildman–Crippen MR) is 126 cm³/mol. The first-order valence-corrected chi connectivity index (χ1v) is 10.8. The lowest BCUT2D eigenvalue weighted by Gasteiger charge is -2.22. The van der Waals surface area contributed by atoms with Crippen LogP contribution in [0.4, 0.5) is 0 Å². The summed E-state index contributed by atoms with van der Waals surface area (Å²) in [7, 11) is 1.34. The Kier molecular flexibility index (Phi) is 9.65. The van der Waals surface area contributed by atoms with E-state index in [9.17, 15) is 8.42 Å². The molecule has 0 spiro atoms. The molecule has 9 heteroatoms. The second-order valence-corrected chi connectivity index (χ2v) is 9.72. The summed E-state index contributed by atoms with van der Waals surface area (Å²) in [5, 5.41) is 6.75. The second kappa shape index (κ2) is 10.7. The summed E-state index contributed by atoms with van der Waals surface area (Å²) < 4.78 is 26.3. The third-order valence-electron chi connectivity index (χ3n) is 5.09. The number of rotatable bonds is 6. The first-order valence-electron chi connectivity index (χ1n) is 9.38. The molecule has 1 heterocycles. The molecule has 2 unspecified atom stereocenters. The summed E-state index contributed by atoms with van der Waals surface area (Å²) in [5.41, 5.74) is 0.720. The zero-order valence-corrected chi connectivity index (χ0v) is 20.8. The summed E-state index contributed by atoms with van der Waals surface area (Å²) in [6, 6.07) is 7.91. The van der Waals surface area contributed by atoms with Gasteiger partial charge in [0.1, 0.15) is 0 Å². The molecule has 2 rings (SSSR count). The summed E-state index contributed by atoms with van der Waals surface area (Å²) >= 11 is 0. The average Bonchev–Trinajstić information content (AvgIpc) is 2.99. The fraction of sp³-hybridized carbons (Fsp3) is 0.632. The van der Waals surface area contributed by atoms with Crippen LogP contribution in [0.1, 0.15) is 26.3 Å². The van der Waals surface area contributed by atoms with Crippen LogP contribution in [-0.4, -0.2) is 69.9 Å². The van der Waals surface area contributed by atoms with E-state index in [0.29, 0.717) is 35.4 Å². The molecule has 2 atom stereocenters. The van der Waals surface area contributed by atoms with E-state index in [1.807, 2.05) is 12.1 Å². The Labute approximate surface area is 187 Å². The molecule has 160 valence electrons. The lowest BCUT2D eigenvalue weighted by atomic mass is 10.1. The van der Waals surface area contributed by atoms with Crippen LogP contribution in [0.2, 0.25) is 0 Å². The maximum absolute atomic E-state index is 12.5. The monoisotopic (exact) mass is 523 g/mol. The number of benzene rings is 1. The van der Waals surface area contributed by atoms with Crippen molar-refractivity contribution in [2.45, 2.75) is 44.3 Å². The number of guanidine groups is 1. The minimum absolute atomic E-state index is 0. The molecule has 1 aromatic rings. The van der Waals surface area contributed by atoms with Crippen molar-refractivity contribution in [3.8, 4) is 0 Å². The molecule has 0 aliphatic carbocycles. The topological polar surface area (TPSA) is 77.0 Å². The van der Waals surface area contributed by atoms with Gasteiger partial charge in [0.05, 0.1) is 4.90 Å². The normalized spacial score (nSPS) is 21.1. The van der Waals surface area contributed by atoms with Crippen molar-refractivity contribution < 1.29 is 8.42 Å². The first-order chi connectivity index (χ1) is 12.7. The number of aliphatic imine (C=N–C) groups is 1. The molecule has 1 fully saturated rings. The standard InChI is InChI=1S/C19H33N5O2S.HI/c1-14(2)24-12-15(3)17(13-24)22-19(20-4)21-11-16-9-7-8-10-18(16)27(25,26)23(5)6;/h7-10,14-15,17H,11-13H2,1-6H3,(H2,20,21,22);1H. The Morgan fingerprint density at radius 2 is 1.93 bits per heavy atom. The summed E-state index contributed by atoms with van der Waals surface area (Å²) in [5.74, 6) is 1.21. The van der Waals surface area contributed by atoms with E-state index in [0.717, 1.165) is 18.7 Å². The zero-order chi connectivity index (χ0) is 20.2. The van der Waals surface area contributed by atoms with Gasteiger partial charge in [-0.05, 0) is 31.4 Å². The molecular weight excluding hydrogens is 489 g/mol. The molecule has 1 saturated heterocycles. The van der Waals surface area contributed by atoms with E-state index in [1.54, 1.807) is 33.3 Å². The minimum Gasteiger partial charge on any atom is -0.352 e. The number of hydrogen-bond donors (Lipinski definition) is 2. The van der Waals surface area contributed by atoms with Gasteiger partial charge >= 0.3 is 0 Å². The van der Waals surface area contributed by atoms with Crippen molar-refractivity contribution >= 4 is 40.0 Å². The predicted octanol–water partition coefficient (Wildman–Crippen LogP) is 1.95. The fourth-order valence-electron chi connectivity index (χ4n) is 3.26. The van der Waals surface area contributed by atoms with Gasteiger partial charge in [0, 0.05) is 52.9 Å². The molecule has 2 N–H and O–H groups in total. The van der Waals surface area contributed by atoms with E-state index in [4.69, 9.17) is 0 Å². The van der Waals surface area contributed by atoms with Crippen LogP contribution in [0.15, 0.2) is 34.2 Å². The Morgan fingerprint density at radius 3 is 2.46 bits per heavy atom. The molecule has 0 saturated carbocycles. The van der Waals surface area contributed by atoms with E-state index in [-0.39, 0.29) is 24.0 Å². The van der Waals surface area contributed by atoms with Gasteiger partial charge in [-0.2, -0.15) is 0 Å². The lowest BCUT2D eigenvalue weighted by molar-refractivity contribution is 0.265. The first kappa shape index (κ1) is 25.1. The highest BCUT2D eigenvalue weighted by molar-refractivity contribution is 14.0. The molecule has 28 heavy (non-hydrogen) atoms. The van der Waals surface area contributed by atoms with Crippen molar-refractivity contribution in [1.82, 2.24) is 19.8 Å². The number of nitrogens with zero attached hydrogens (tertiary/aromatic N) is 3.